The van der Waals surface area contributed by atoms with Gasteiger partial charge in [-0.2, -0.15) is 0 Å². The molecular weight excluding hydrogens is 260 g/mol. The Bertz CT molecular complexity index is 772. The predicted molar refractivity (Wildman–Crippen MR) is 76.8 cm³/mol. The van der Waals surface area contributed by atoms with Gasteiger partial charge in [0.15, 0.2) is 5.58 Å². The van der Waals surface area contributed by atoms with Crippen LogP contribution in [-0.2, 0) is 0 Å². The molecule has 0 N–H and O–H groups in total. The minimum Gasteiger partial charge on any atom is -0.455 e. The van der Waals surface area contributed by atoms with Gasteiger partial charge in [0.2, 0.25) is 0 Å². The summed E-state index contributed by atoms with van der Waals surface area (Å²) < 4.78 is 5.82. The maximum Gasteiger partial charge on any atom is 0.153 e. The first-order valence-corrected chi connectivity index (χ1v) is 6.31. The van der Waals surface area contributed by atoms with Gasteiger partial charge in [-0.25, -0.2) is 0 Å². The van der Waals surface area contributed by atoms with E-state index in [0.717, 1.165) is 28.6 Å². The number of halogens is 1. The molecule has 0 saturated carbocycles. The fourth-order valence-corrected chi connectivity index (χ4v) is 2.42. The maximum absolute atomic E-state index is 10.8. The molecule has 94 valence electrons. The van der Waals surface area contributed by atoms with Crippen LogP contribution in [0.15, 0.2) is 46.9 Å². The molecule has 0 saturated heterocycles. The molecule has 0 aliphatic heterocycles. The molecule has 0 radical (unpaired) electrons. The van der Waals surface area contributed by atoms with Crippen LogP contribution in [0.2, 0.25) is 5.02 Å². The number of benzene rings is 2. The Morgan fingerprint density at radius 3 is 2.68 bits per heavy atom. The van der Waals surface area contributed by atoms with E-state index in [-0.39, 0.29) is 0 Å². The van der Waals surface area contributed by atoms with Crippen LogP contribution in [0.4, 0.5) is 0 Å². The Kier molecular flexibility index (Phi) is 2.88. The van der Waals surface area contributed by atoms with Gasteiger partial charge in [0.05, 0.1) is 5.02 Å². The summed E-state index contributed by atoms with van der Waals surface area (Å²) in [7, 11) is 0. The highest BCUT2D eigenvalue weighted by atomic mass is 35.5. The number of fused-ring (bicyclic) bond motifs is 1. The van der Waals surface area contributed by atoms with E-state index in [1.54, 1.807) is 12.1 Å². The van der Waals surface area contributed by atoms with E-state index in [2.05, 4.69) is 0 Å². The molecule has 0 spiro atoms. The number of aldehydes is 1. The number of para-hydroxylation sites is 1. The minimum atomic E-state index is 0.603. The lowest BCUT2D eigenvalue weighted by atomic mass is 10.0. The summed E-state index contributed by atoms with van der Waals surface area (Å²) in [5.74, 6) is 0.762. The molecule has 0 atom stereocenters. The van der Waals surface area contributed by atoms with Gasteiger partial charge < -0.3 is 4.42 Å². The van der Waals surface area contributed by atoms with Gasteiger partial charge in [-0.1, -0.05) is 35.9 Å². The first-order chi connectivity index (χ1) is 9.19. The zero-order chi connectivity index (χ0) is 13.4. The van der Waals surface area contributed by atoms with E-state index in [9.17, 15) is 4.79 Å². The zero-order valence-corrected chi connectivity index (χ0v) is 11.1. The first kappa shape index (κ1) is 12.0. The lowest BCUT2D eigenvalue weighted by molar-refractivity contribution is 0.112. The molecule has 0 unspecified atom stereocenters. The van der Waals surface area contributed by atoms with Crippen LogP contribution in [-0.4, -0.2) is 6.29 Å². The third kappa shape index (κ3) is 2.04. The molecule has 3 aromatic rings. The fraction of sp³-hybridized carbons (Fsp3) is 0.0625. The highest BCUT2D eigenvalue weighted by Gasteiger charge is 2.10. The van der Waals surface area contributed by atoms with Crippen LogP contribution in [0.5, 0.6) is 0 Å². The minimum absolute atomic E-state index is 0.603. The molecular formula is C16H11ClO2. The summed E-state index contributed by atoms with van der Waals surface area (Å²) in [5, 5.41) is 1.58. The first-order valence-electron chi connectivity index (χ1n) is 5.93. The number of rotatable bonds is 2. The SMILES string of the molecule is Cc1cc(C=O)ccc1-c1cc2cccc(Cl)c2o1. The quantitative estimate of drug-likeness (QED) is 0.622. The number of carbonyl (C=O) groups is 1. The lowest BCUT2D eigenvalue weighted by Gasteiger charge is -2.02. The van der Waals surface area contributed by atoms with E-state index in [1.807, 2.05) is 37.3 Å². The summed E-state index contributed by atoms with van der Waals surface area (Å²) in [6.45, 7) is 1.96. The van der Waals surface area contributed by atoms with E-state index < -0.39 is 0 Å². The van der Waals surface area contributed by atoms with Crippen molar-refractivity contribution in [2.75, 3.05) is 0 Å². The molecule has 0 fully saturated rings. The third-order valence-electron chi connectivity index (χ3n) is 3.15. The van der Waals surface area contributed by atoms with Crippen LogP contribution in [0.3, 0.4) is 0 Å². The van der Waals surface area contributed by atoms with E-state index in [4.69, 9.17) is 16.0 Å². The predicted octanol–water partition coefficient (Wildman–Crippen LogP) is 4.87. The van der Waals surface area contributed by atoms with Gasteiger partial charge in [-0.15, -0.1) is 0 Å². The molecule has 1 aromatic heterocycles. The van der Waals surface area contributed by atoms with Crippen molar-refractivity contribution in [3.05, 3.63) is 58.6 Å². The fourth-order valence-electron chi connectivity index (χ4n) is 2.20. The lowest BCUT2D eigenvalue weighted by Crippen LogP contribution is -1.85. The van der Waals surface area contributed by atoms with Crippen molar-refractivity contribution >= 4 is 28.9 Å². The number of hydrogen-bond acceptors (Lipinski definition) is 2. The average Bonchev–Trinajstić information content (AvgIpc) is 2.83. The summed E-state index contributed by atoms with van der Waals surface area (Å²) in [4.78, 5) is 10.8. The van der Waals surface area contributed by atoms with Crippen molar-refractivity contribution in [1.29, 1.82) is 0 Å². The normalized spacial score (nSPS) is 10.8. The largest absolute Gasteiger partial charge is 0.455 e. The Morgan fingerprint density at radius 2 is 2.00 bits per heavy atom. The molecule has 2 aromatic carbocycles. The standard InChI is InChI=1S/C16H11ClO2/c1-10-7-11(9-18)5-6-13(10)15-8-12-3-2-4-14(17)16(12)19-15/h2-9H,1H3. The van der Waals surface area contributed by atoms with E-state index in [1.165, 1.54) is 0 Å². The second-order valence-electron chi connectivity index (χ2n) is 4.46. The second-order valence-corrected chi connectivity index (χ2v) is 4.87. The highest BCUT2D eigenvalue weighted by Crippen LogP contribution is 2.33. The Hall–Kier alpha value is -2.06. The molecule has 0 amide bonds. The van der Waals surface area contributed by atoms with Crippen LogP contribution in [0.1, 0.15) is 15.9 Å². The van der Waals surface area contributed by atoms with Gasteiger partial charge in [0, 0.05) is 16.5 Å². The molecule has 3 rings (SSSR count). The monoisotopic (exact) mass is 270 g/mol. The van der Waals surface area contributed by atoms with Crippen molar-refractivity contribution in [3.63, 3.8) is 0 Å². The third-order valence-corrected chi connectivity index (χ3v) is 3.45. The average molecular weight is 271 g/mol. The van der Waals surface area contributed by atoms with Gasteiger partial charge in [0.25, 0.3) is 0 Å². The number of aryl methyl sites for hydroxylation is 1. The number of furan rings is 1. The summed E-state index contributed by atoms with van der Waals surface area (Å²) in [6.07, 6.45) is 0.840. The van der Waals surface area contributed by atoms with Crippen LogP contribution in [0.25, 0.3) is 22.3 Å². The van der Waals surface area contributed by atoms with E-state index in [0.29, 0.717) is 16.2 Å². The van der Waals surface area contributed by atoms with Crippen LogP contribution >= 0.6 is 11.6 Å². The Balaban J connectivity index is 2.19. The highest BCUT2D eigenvalue weighted by molar-refractivity contribution is 6.34. The van der Waals surface area contributed by atoms with Crippen molar-refractivity contribution < 1.29 is 9.21 Å². The van der Waals surface area contributed by atoms with E-state index >= 15 is 0 Å². The molecule has 3 heteroatoms. The molecule has 2 nitrogen and oxygen atoms in total. The summed E-state index contributed by atoms with van der Waals surface area (Å²) >= 11 is 6.11. The molecule has 0 aliphatic carbocycles. The van der Waals surface area contributed by atoms with Gasteiger partial charge in [0.1, 0.15) is 12.0 Å². The molecule has 19 heavy (non-hydrogen) atoms. The van der Waals surface area contributed by atoms with Crippen LogP contribution in [0, 0.1) is 6.92 Å². The number of carbonyl (C=O) groups excluding carboxylic acids is 1. The molecule has 1 heterocycles. The van der Waals surface area contributed by atoms with Gasteiger partial charge in [-0.3, -0.25) is 4.79 Å². The van der Waals surface area contributed by atoms with Crippen LogP contribution < -0.4 is 0 Å². The van der Waals surface area contributed by atoms with Crippen molar-refractivity contribution in [2.24, 2.45) is 0 Å². The van der Waals surface area contributed by atoms with Gasteiger partial charge >= 0.3 is 0 Å². The zero-order valence-electron chi connectivity index (χ0n) is 10.3. The topological polar surface area (TPSA) is 30.2 Å². The maximum atomic E-state index is 10.8. The number of hydrogen-bond donors (Lipinski definition) is 0. The van der Waals surface area contributed by atoms with Crippen molar-refractivity contribution in [3.8, 4) is 11.3 Å². The van der Waals surface area contributed by atoms with Gasteiger partial charge in [-0.05, 0) is 30.7 Å². The summed E-state index contributed by atoms with van der Waals surface area (Å²) in [6, 6.07) is 13.1. The van der Waals surface area contributed by atoms with Crippen molar-refractivity contribution in [1.82, 2.24) is 0 Å². The Labute approximate surface area is 115 Å². The Morgan fingerprint density at radius 1 is 1.16 bits per heavy atom. The molecule has 0 aliphatic rings. The summed E-state index contributed by atoms with van der Waals surface area (Å²) in [5.41, 5.74) is 3.33. The smallest absolute Gasteiger partial charge is 0.153 e. The van der Waals surface area contributed by atoms with Crippen molar-refractivity contribution in [2.45, 2.75) is 6.92 Å². The second kappa shape index (κ2) is 4.56. The molecule has 0 bridgehead atoms.